The summed E-state index contributed by atoms with van der Waals surface area (Å²) in [5, 5.41) is 9.41. The molecule has 1 heterocycles. The molecule has 1 amide bonds. The zero-order valence-corrected chi connectivity index (χ0v) is 16.7. The van der Waals surface area contributed by atoms with E-state index in [0.29, 0.717) is 10.9 Å². The summed E-state index contributed by atoms with van der Waals surface area (Å²) < 4.78 is 7.22. The van der Waals surface area contributed by atoms with Crippen LogP contribution < -0.4 is 4.74 Å². The van der Waals surface area contributed by atoms with Crippen LogP contribution >= 0.6 is 11.8 Å². The van der Waals surface area contributed by atoms with Crippen LogP contribution in [-0.2, 0) is 4.79 Å². The normalized spacial score (nSPS) is 10.7. The van der Waals surface area contributed by atoms with E-state index in [1.165, 1.54) is 17.3 Å². The number of hydrogen-bond acceptors (Lipinski definition) is 5. The highest BCUT2D eigenvalue weighted by molar-refractivity contribution is 7.99. The van der Waals surface area contributed by atoms with Crippen LogP contribution in [0.4, 0.5) is 0 Å². The van der Waals surface area contributed by atoms with Crippen molar-refractivity contribution in [3.05, 3.63) is 54.1 Å². The number of ether oxygens (including phenoxy) is 1. The van der Waals surface area contributed by atoms with Crippen LogP contribution in [0.3, 0.4) is 0 Å². The van der Waals surface area contributed by atoms with E-state index in [1.54, 1.807) is 26.1 Å². The lowest BCUT2D eigenvalue weighted by Crippen LogP contribution is -2.23. The fourth-order valence-corrected chi connectivity index (χ4v) is 3.40. The number of amides is 1. The van der Waals surface area contributed by atoms with Gasteiger partial charge in [-0.15, -0.1) is 10.2 Å². The molecule has 6 nitrogen and oxygen atoms in total. The number of rotatable bonds is 6. The Kier molecular flexibility index (Phi) is 5.81. The fourth-order valence-electron chi connectivity index (χ4n) is 2.47. The van der Waals surface area contributed by atoms with Gasteiger partial charge < -0.3 is 9.64 Å². The molecule has 7 heteroatoms. The molecule has 1 aromatic heterocycles. The van der Waals surface area contributed by atoms with Crippen LogP contribution in [0.5, 0.6) is 5.75 Å². The molecule has 0 N–H and O–H groups in total. The molecular formula is C20H22N4O2S. The maximum atomic E-state index is 12.0. The molecule has 0 unspecified atom stereocenters. The van der Waals surface area contributed by atoms with Gasteiger partial charge >= 0.3 is 0 Å². The lowest BCUT2D eigenvalue weighted by molar-refractivity contribution is -0.125. The Morgan fingerprint density at radius 2 is 1.74 bits per heavy atom. The largest absolute Gasteiger partial charge is 0.497 e. The van der Waals surface area contributed by atoms with E-state index in [9.17, 15) is 4.79 Å². The third kappa shape index (κ3) is 4.31. The zero-order chi connectivity index (χ0) is 19.4. The molecule has 27 heavy (non-hydrogen) atoms. The van der Waals surface area contributed by atoms with Crippen LogP contribution in [0.15, 0.2) is 53.7 Å². The van der Waals surface area contributed by atoms with Crippen LogP contribution in [0.2, 0.25) is 0 Å². The molecule has 0 spiro atoms. The van der Waals surface area contributed by atoms with Gasteiger partial charge in [0.1, 0.15) is 5.75 Å². The molecule has 0 fully saturated rings. The van der Waals surface area contributed by atoms with Crippen LogP contribution in [-0.4, -0.2) is 52.5 Å². The monoisotopic (exact) mass is 382 g/mol. The van der Waals surface area contributed by atoms with Crippen molar-refractivity contribution in [2.75, 3.05) is 27.0 Å². The minimum absolute atomic E-state index is 0.0319. The molecule has 140 valence electrons. The number of carbonyl (C=O) groups is 1. The van der Waals surface area contributed by atoms with E-state index in [-0.39, 0.29) is 5.91 Å². The predicted molar refractivity (Wildman–Crippen MR) is 108 cm³/mol. The van der Waals surface area contributed by atoms with Gasteiger partial charge in [-0.25, -0.2) is 0 Å². The average Bonchev–Trinajstić information content (AvgIpc) is 3.10. The molecule has 0 saturated carbocycles. The van der Waals surface area contributed by atoms with E-state index < -0.39 is 0 Å². The number of nitrogens with zero attached hydrogens (tertiary/aromatic N) is 4. The summed E-state index contributed by atoms with van der Waals surface area (Å²) in [5.41, 5.74) is 3.06. The van der Waals surface area contributed by atoms with Crippen LogP contribution in [0.25, 0.3) is 17.1 Å². The predicted octanol–water partition coefficient (Wildman–Crippen LogP) is 3.43. The molecular weight excluding hydrogens is 360 g/mol. The topological polar surface area (TPSA) is 60.3 Å². The van der Waals surface area contributed by atoms with Gasteiger partial charge in [0.15, 0.2) is 11.0 Å². The van der Waals surface area contributed by atoms with Crippen molar-refractivity contribution >= 4 is 17.7 Å². The second-order valence-corrected chi connectivity index (χ2v) is 7.22. The first-order valence-corrected chi connectivity index (χ1v) is 9.48. The van der Waals surface area contributed by atoms with Gasteiger partial charge in [0, 0.05) is 25.3 Å². The highest BCUT2D eigenvalue weighted by Crippen LogP contribution is 2.29. The van der Waals surface area contributed by atoms with E-state index in [1.807, 2.05) is 60.0 Å². The molecule has 0 saturated heterocycles. The first-order chi connectivity index (χ1) is 13.0. The summed E-state index contributed by atoms with van der Waals surface area (Å²) in [4.78, 5) is 13.6. The molecule has 0 aliphatic carbocycles. The highest BCUT2D eigenvalue weighted by Gasteiger charge is 2.17. The molecule has 3 aromatic rings. The minimum atomic E-state index is 0.0319. The van der Waals surface area contributed by atoms with Crippen molar-refractivity contribution in [1.82, 2.24) is 19.7 Å². The summed E-state index contributed by atoms with van der Waals surface area (Å²) in [6.07, 6.45) is 0. The number of thioether (sulfide) groups is 1. The number of carbonyl (C=O) groups excluding carboxylic acids is 1. The summed E-state index contributed by atoms with van der Waals surface area (Å²) in [6.45, 7) is 2.05. The number of hydrogen-bond donors (Lipinski definition) is 0. The number of benzene rings is 2. The number of aromatic nitrogens is 3. The summed E-state index contributed by atoms with van der Waals surface area (Å²) >= 11 is 1.38. The standard InChI is InChI=1S/C20H22N4O2S/c1-14-5-9-16(10-6-14)24-19(15-7-11-17(26-4)12-8-15)21-22-20(24)27-13-18(25)23(2)3/h5-12H,13H2,1-4H3. The maximum Gasteiger partial charge on any atom is 0.232 e. The van der Waals surface area contributed by atoms with Crippen molar-refractivity contribution < 1.29 is 9.53 Å². The Labute approximate surface area is 163 Å². The number of methoxy groups -OCH3 is 1. The van der Waals surface area contributed by atoms with E-state index in [2.05, 4.69) is 10.2 Å². The molecule has 0 aliphatic heterocycles. The maximum absolute atomic E-state index is 12.0. The molecule has 0 aliphatic rings. The summed E-state index contributed by atoms with van der Waals surface area (Å²) in [6, 6.07) is 15.9. The van der Waals surface area contributed by atoms with Crippen molar-refractivity contribution in [3.8, 4) is 22.8 Å². The zero-order valence-electron chi connectivity index (χ0n) is 15.8. The highest BCUT2D eigenvalue weighted by atomic mass is 32.2. The Hall–Kier alpha value is -2.80. The lowest BCUT2D eigenvalue weighted by atomic mass is 10.2. The van der Waals surface area contributed by atoms with E-state index in [4.69, 9.17) is 4.74 Å². The average molecular weight is 382 g/mol. The summed E-state index contributed by atoms with van der Waals surface area (Å²) in [5.74, 6) is 1.84. The summed E-state index contributed by atoms with van der Waals surface area (Å²) in [7, 11) is 5.13. The molecule has 0 atom stereocenters. The van der Waals surface area contributed by atoms with Crippen LogP contribution in [0.1, 0.15) is 5.56 Å². The smallest absolute Gasteiger partial charge is 0.232 e. The van der Waals surface area contributed by atoms with Gasteiger partial charge in [0.05, 0.1) is 12.9 Å². The Morgan fingerprint density at radius 3 is 2.33 bits per heavy atom. The van der Waals surface area contributed by atoms with E-state index in [0.717, 1.165) is 22.8 Å². The van der Waals surface area contributed by atoms with Gasteiger partial charge in [-0.1, -0.05) is 29.5 Å². The quantitative estimate of drug-likeness (QED) is 0.611. The number of aryl methyl sites for hydroxylation is 1. The van der Waals surface area contributed by atoms with Gasteiger partial charge in [0.2, 0.25) is 5.91 Å². The van der Waals surface area contributed by atoms with Gasteiger partial charge in [-0.2, -0.15) is 0 Å². The third-order valence-corrected chi connectivity index (χ3v) is 5.01. The SMILES string of the molecule is COc1ccc(-c2nnc(SCC(=O)N(C)C)n2-c2ccc(C)cc2)cc1. The third-order valence-electron chi connectivity index (χ3n) is 4.10. The van der Waals surface area contributed by atoms with Crippen molar-refractivity contribution in [2.45, 2.75) is 12.1 Å². The van der Waals surface area contributed by atoms with Crippen molar-refractivity contribution in [1.29, 1.82) is 0 Å². The first kappa shape index (κ1) is 19.0. The Morgan fingerprint density at radius 1 is 1.07 bits per heavy atom. The minimum Gasteiger partial charge on any atom is -0.497 e. The second kappa shape index (κ2) is 8.26. The van der Waals surface area contributed by atoms with Crippen molar-refractivity contribution in [2.24, 2.45) is 0 Å². The molecule has 0 bridgehead atoms. The van der Waals surface area contributed by atoms with Gasteiger partial charge in [-0.05, 0) is 43.3 Å². The Balaban J connectivity index is 2.02. The van der Waals surface area contributed by atoms with Crippen LogP contribution in [0, 0.1) is 6.92 Å². The molecule has 0 radical (unpaired) electrons. The van der Waals surface area contributed by atoms with E-state index >= 15 is 0 Å². The molecule has 2 aromatic carbocycles. The van der Waals surface area contributed by atoms with Crippen molar-refractivity contribution in [3.63, 3.8) is 0 Å². The Bertz CT molecular complexity index is 918. The molecule has 3 rings (SSSR count). The van der Waals surface area contributed by atoms with Gasteiger partial charge in [-0.3, -0.25) is 9.36 Å². The fraction of sp³-hybridized carbons (Fsp3) is 0.250. The second-order valence-electron chi connectivity index (χ2n) is 6.28. The first-order valence-electron chi connectivity index (χ1n) is 8.49. The van der Waals surface area contributed by atoms with Gasteiger partial charge in [0.25, 0.3) is 0 Å². The lowest BCUT2D eigenvalue weighted by Gasteiger charge is -2.12.